The molecule has 5 atom stereocenters. The zero-order chi connectivity index (χ0) is 40.0. The number of aromatic amines is 1. The lowest BCUT2D eigenvalue weighted by molar-refractivity contribution is -0.140. The first kappa shape index (κ1) is 38.3. The highest BCUT2D eigenvalue weighted by atomic mass is 16.6. The number of fused-ring (bicyclic) bond motifs is 13. The number of aliphatic hydroxyl groups excluding tert-OH is 2. The van der Waals surface area contributed by atoms with Crippen LogP contribution >= 0.6 is 0 Å². The number of aromatic hydroxyl groups is 2. The number of likely N-dealkylation sites (N-methyl/N-ethyl adjacent to an activating group) is 1. The molecule has 0 amide bonds. The Balaban J connectivity index is 1.28. The molecule has 58 heavy (non-hydrogen) atoms. The Morgan fingerprint density at radius 3 is 2.71 bits per heavy atom. The van der Waals surface area contributed by atoms with Gasteiger partial charge in [-0.15, -0.1) is 0 Å². The molecule has 11 nitrogen and oxygen atoms in total. The number of rotatable bonds is 10. The number of hydrogen-bond donors (Lipinski definition) is 7. The van der Waals surface area contributed by atoms with Crippen LogP contribution in [0.25, 0.3) is 22.0 Å². The van der Waals surface area contributed by atoms with Gasteiger partial charge in [0.05, 0.1) is 19.9 Å². The first-order chi connectivity index (χ1) is 28.3. The summed E-state index contributed by atoms with van der Waals surface area (Å²) in [4.78, 5) is 3.30. The van der Waals surface area contributed by atoms with Gasteiger partial charge in [-0.1, -0.05) is 24.0 Å². The lowest BCUT2D eigenvalue weighted by Crippen LogP contribution is -2.60. The van der Waals surface area contributed by atoms with Crippen molar-refractivity contribution in [3.63, 3.8) is 0 Å². The molecule has 5 aromatic rings. The minimum absolute atomic E-state index is 0.00982. The van der Waals surface area contributed by atoms with Crippen molar-refractivity contribution < 1.29 is 39.4 Å². The maximum absolute atomic E-state index is 11.4. The highest BCUT2D eigenvalue weighted by Crippen LogP contribution is 2.58. The predicted octanol–water partition coefficient (Wildman–Crippen LogP) is 5.72. The largest absolute Gasteiger partial charge is 0.508 e. The summed E-state index contributed by atoms with van der Waals surface area (Å²) in [7, 11) is 3.75. The Labute approximate surface area is 338 Å². The lowest BCUT2D eigenvalue weighted by atomic mass is 9.69. The van der Waals surface area contributed by atoms with E-state index in [4.69, 9.17) is 18.9 Å². The number of phenols is 2. The summed E-state index contributed by atoms with van der Waals surface area (Å²) in [5.41, 5.74) is 8.70. The van der Waals surface area contributed by atoms with Crippen molar-refractivity contribution in [1.29, 1.82) is 0 Å². The number of phenolic OH excluding ortho intramolecular Hbond substituents is 2. The minimum Gasteiger partial charge on any atom is -0.508 e. The number of ether oxygens (including phenoxy) is 4. The van der Waals surface area contributed by atoms with Crippen LogP contribution in [0.3, 0.4) is 0 Å². The normalized spacial score (nSPS) is 23.0. The van der Waals surface area contributed by atoms with E-state index in [0.29, 0.717) is 62.0 Å². The first-order valence-corrected chi connectivity index (χ1v) is 20.4. The maximum Gasteiger partial charge on any atom is 0.161 e. The number of aryl methyl sites for hydroxylation is 1. The van der Waals surface area contributed by atoms with E-state index in [1.165, 1.54) is 5.56 Å². The molecular formula is C47H51N3O8. The molecule has 9 rings (SSSR count). The number of H-pyrrole nitrogens is 1. The fourth-order valence-electron chi connectivity index (χ4n) is 9.73. The fraction of sp³-hybridized carbons (Fsp3) is 0.404. The molecule has 0 spiro atoms. The lowest BCUT2D eigenvalue weighted by Gasteiger charge is -2.49. The molecule has 11 heteroatoms. The highest BCUT2D eigenvalue weighted by Gasteiger charge is 2.54. The summed E-state index contributed by atoms with van der Waals surface area (Å²) in [6, 6.07) is 17.6. The second kappa shape index (κ2) is 15.9. The van der Waals surface area contributed by atoms with E-state index in [2.05, 4.69) is 51.7 Å². The number of aromatic nitrogens is 1. The van der Waals surface area contributed by atoms with Crippen LogP contribution in [-0.2, 0) is 36.8 Å². The number of aliphatic hydroxyl groups is 2. The summed E-state index contributed by atoms with van der Waals surface area (Å²) in [6.45, 7) is 0.370. The van der Waals surface area contributed by atoms with Gasteiger partial charge in [-0.2, -0.15) is 0 Å². The second-order valence-electron chi connectivity index (χ2n) is 16.0. The summed E-state index contributed by atoms with van der Waals surface area (Å²) in [5, 5.41) is 50.4. The van der Waals surface area contributed by atoms with Gasteiger partial charge in [0.15, 0.2) is 17.6 Å². The molecule has 5 unspecified atom stereocenters. The smallest absolute Gasteiger partial charge is 0.161 e. The van der Waals surface area contributed by atoms with E-state index in [1.807, 2.05) is 44.6 Å². The second-order valence-corrected chi connectivity index (χ2v) is 16.0. The third kappa shape index (κ3) is 6.63. The van der Waals surface area contributed by atoms with Crippen molar-refractivity contribution in [3.8, 4) is 51.7 Å². The summed E-state index contributed by atoms with van der Waals surface area (Å²) in [6.07, 6.45) is 5.27. The molecule has 3 aliphatic heterocycles. The van der Waals surface area contributed by atoms with E-state index in [9.17, 15) is 20.4 Å². The molecule has 7 N–H and O–H groups in total. The SMILES string of the molecule is CNCOC12Cc3c4c(c5c(c3OC1c1cc(CCCO)c(O)c(c1)OCCC#CC2NC)CCC(CO)O5)-c1ccc(O)cc1C(Cc1ccc2[nH]ccc2c1)C4. The topological polar surface area (TPSA) is 158 Å². The van der Waals surface area contributed by atoms with Crippen LogP contribution in [-0.4, -0.2) is 83.8 Å². The van der Waals surface area contributed by atoms with E-state index in [1.54, 1.807) is 6.07 Å². The molecule has 4 aliphatic rings. The molecule has 0 fully saturated rings. The highest BCUT2D eigenvalue weighted by molar-refractivity contribution is 5.85. The molecular weight excluding hydrogens is 735 g/mol. The Morgan fingerprint density at radius 1 is 0.983 bits per heavy atom. The van der Waals surface area contributed by atoms with Crippen LogP contribution in [0.2, 0.25) is 0 Å². The average molecular weight is 786 g/mol. The summed E-state index contributed by atoms with van der Waals surface area (Å²) < 4.78 is 27.5. The number of benzene rings is 4. The Kier molecular flexibility index (Phi) is 10.5. The zero-order valence-electron chi connectivity index (χ0n) is 33.0. The van der Waals surface area contributed by atoms with Crippen LogP contribution < -0.4 is 24.8 Å². The van der Waals surface area contributed by atoms with Crippen molar-refractivity contribution in [2.75, 3.05) is 40.6 Å². The standard InChI is InChI=1S/C47H51N3O8/c1-48-26-56-47-24-38-37-21-30(19-27-8-13-39-28(18-27)14-15-50-39)36-23-32(53)9-11-34(36)42(37)45-35(12-10-33(25-52)57-45)44(38)58-46(47)31-20-29(6-5-16-51)43(54)40(22-31)55-17-4-3-7-41(47)49-2/h8-9,11,13-15,18,20,22-23,30,33,41,46,48-54H,4-6,10,12,16-17,19,21,24-26H2,1-2H3. The maximum atomic E-state index is 11.4. The van der Waals surface area contributed by atoms with Gasteiger partial charge in [0.25, 0.3) is 0 Å². The number of hydrogen-bond acceptors (Lipinski definition) is 10. The van der Waals surface area contributed by atoms with E-state index < -0.39 is 17.7 Å². The monoisotopic (exact) mass is 785 g/mol. The van der Waals surface area contributed by atoms with Gasteiger partial charge in [0.2, 0.25) is 0 Å². The van der Waals surface area contributed by atoms with Crippen molar-refractivity contribution in [2.45, 2.75) is 81.1 Å². The van der Waals surface area contributed by atoms with Crippen molar-refractivity contribution in [2.24, 2.45) is 0 Å². The average Bonchev–Trinajstić information content (AvgIpc) is 3.71. The third-order valence-corrected chi connectivity index (χ3v) is 12.4. The van der Waals surface area contributed by atoms with Crippen molar-refractivity contribution in [3.05, 3.63) is 99.7 Å². The van der Waals surface area contributed by atoms with Gasteiger partial charge >= 0.3 is 0 Å². The molecule has 2 bridgehead atoms. The van der Waals surface area contributed by atoms with Crippen LogP contribution in [0.1, 0.15) is 70.2 Å². The minimum atomic E-state index is -1.08. The fourth-order valence-corrected chi connectivity index (χ4v) is 9.73. The van der Waals surface area contributed by atoms with Gasteiger partial charge in [-0.3, -0.25) is 5.32 Å². The molecule has 1 aromatic heterocycles. The first-order valence-electron chi connectivity index (χ1n) is 20.4. The van der Waals surface area contributed by atoms with Gasteiger partial charge in [-0.05, 0) is 140 Å². The summed E-state index contributed by atoms with van der Waals surface area (Å²) >= 11 is 0. The zero-order valence-corrected chi connectivity index (χ0v) is 33.0. The van der Waals surface area contributed by atoms with E-state index in [0.717, 1.165) is 62.0 Å². The molecule has 0 saturated carbocycles. The quantitative estimate of drug-likeness (QED) is 0.0691. The Morgan fingerprint density at radius 2 is 1.88 bits per heavy atom. The molecule has 0 radical (unpaired) electrons. The van der Waals surface area contributed by atoms with Crippen LogP contribution in [0.15, 0.2) is 60.8 Å². The van der Waals surface area contributed by atoms with E-state index >= 15 is 0 Å². The van der Waals surface area contributed by atoms with Gasteiger partial charge in [-0.25, -0.2) is 0 Å². The van der Waals surface area contributed by atoms with Crippen LogP contribution in [0.5, 0.6) is 28.7 Å². The van der Waals surface area contributed by atoms with Crippen LogP contribution in [0, 0.1) is 11.8 Å². The third-order valence-electron chi connectivity index (χ3n) is 12.4. The van der Waals surface area contributed by atoms with Gasteiger partial charge < -0.3 is 49.7 Å². The molecule has 302 valence electrons. The number of nitrogens with one attached hydrogen (secondary N) is 3. The van der Waals surface area contributed by atoms with E-state index in [-0.39, 0.29) is 50.1 Å². The predicted molar refractivity (Wildman–Crippen MR) is 221 cm³/mol. The Bertz CT molecular complexity index is 2410. The Hall–Kier alpha value is -5.22. The summed E-state index contributed by atoms with van der Waals surface area (Å²) in [5.74, 6) is 8.90. The molecule has 0 saturated heterocycles. The van der Waals surface area contributed by atoms with Gasteiger partial charge in [0.1, 0.15) is 35.0 Å². The molecule has 4 aromatic carbocycles. The van der Waals surface area contributed by atoms with Crippen molar-refractivity contribution in [1.82, 2.24) is 15.6 Å². The molecule has 4 heterocycles. The molecule has 1 aliphatic carbocycles. The van der Waals surface area contributed by atoms with Crippen molar-refractivity contribution >= 4 is 10.9 Å². The van der Waals surface area contributed by atoms with Gasteiger partial charge in [0, 0.05) is 47.9 Å². The van der Waals surface area contributed by atoms with Crippen LogP contribution in [0.4, 0.5) is 0 Å².